The van der Waals surface area contributed by atoms with Gasteiger partial charge in [0.2, 0.25) is 0 Å². The number of halogens is 1. The van der Waals surface area contributed by atoms with E-state index in [9.17, 15) is 0 Å². The van der Waals surface area contributed by atoms with E-state index in [0.717, 1.165) is 10.0 Å². The largest absolute Gasteiger partial charge is 0.235 e. The van der Waals surface area contributed by atoms with Crippen LogP contribution in [0.4, 0.5) is 0 Å². The molecule has 2 rings (SSSR count). The fraction of sp³-hybridized carbons (Fsp3) is 0. The molecule has 1 aromatic heterocycles. The van der Waals surface area contributed by atoms with Crippen molar-refractivity contribution in [1.82, 2.24) is 9.97 Å². The Bertz CT molecular complexity index is 514. The normalized spacial score (nSPS) is 9.60. The molecule has 1 heterocycles. The molecule has 72 valence electrons. The Kier molecular flexibility index (Phi) is 2.75. The maximum atomic E-state index is 8.75. The van der Waals surface area contributed by atoms with Crippen molar-refractivity contribution in [2.75, 3.05) is 0 Å². The molecule has 0 aliphatic heterocycles. The summed E-state index contributed by atoms with van der Waals surface area (Å²) in [7, 11) is 0. The number of benzene rings is 1. The standard InChI is InChI=1S/C11H6BrN3/c12-10-6-14-11(15-7-10)9-3-1-2-8(4-9)5-13/h1-4,6-7H. The average Bonchev–Trinajstić information content (AvgIpc) is 2.30. The van der Waals surface area contributed by atoms with Gasteiger partial charge < -0.3 is 0 Å². The highest BCUT2D eigenvalue weighted by Crippen LogP contribution is 2.16. The summed E-state index contributed by atoms with van der Waals surface area (Å²) in [5.41, 5.74) is 1.46. The van der Waals surface area contributed by atoms with Crippen LogP contribution >= 0.6 is 15.9 Å². The van der Waals surface area contributed by atoms with E-state index in [4.69, 9.17) is 5.26 Å². The molecule has 0 saturated carbocycles. The zero-order valence-corrected chi connectivity index (χ0v) is 9.27. The Morgan fingerprint density at radius 3 is 2.60 bits per heavy atom. The fourth-order valence-electron chi connectivity index (χ4n) is 1.19. The molecular weight excluding hydrogens is 254 g/mol. The predicted molar refractivity (Wildman–Crippen MR) is 59.9 cm³/mol. The van der Waals surface area contributed by atoms with Crippen LogP contribution in [0.25, 0.3) is 11.4 Å². The second kappa shape index (κ2) is 4.20. The molecule has 0 N–H and O–H groups in total. The number of nitriles is 1. The topological polar surface area (TPSA) is 49.6 Å². The van der Waals surface area contributed by atoms with Crippen LogP contribution in [0.15, 0.2) is 41.1 Å². The van der Waals surface area contributed by atoms with Gasteiger partial charge in [-0.25, -0.2) is 9.97 Å². The average molecular weight is 260 g/mol. The van der Waals surface area contributed by atoms with Crippen LogP contribution in [0.5, 0.6) is 0 Å². The van der Waals surface area contributed by atoms with Gasteiger partial charge in [0.1, 0.15) is 0 Å². The minimum atomic E-state index is 0.610. The second-order valence-electron chi connectivity index (χ2n) is 2.92. The zero-order chi connectivity index (χ0) is 10.7. The molecular formula is C11H6BrN3. The first-order valence-corrected chi connectivity index (χ1v) is 5.07. The first-order chi connectivity index (χ1) is 7.29. The molecule has 2 aromatic rings. The lowest BCUT2D eigenvalue weighted by Gasteiger charge is -1.99. The Morgan fingerprint density at radius 1 is 1.20 bits per heavy atom. The van der Waals surface area contributed by atoms with Crippen molar-refractivity contribution in [1.29, 1.82) is 5.26 Å². The molecule has 0 spiro atoms. The van der Waals surface area contributed by atoms with Crippen molar-refractivity contribution in [2.24, 2.45) is 0 Å². The first-order valence-electron chi connectivity index (χ1n) is 4.27. The Morgan fingerprint density at radius 2 is 1.93 bits per heavy atom. The SMILES string of the molecule is N#Cc1cccc(-c2ncc(Br)cn2)c1. The van der Waals surface area contributed by atoms with Gasteiger partial charge in [0, 0.05) is 18.0 Å². The number of aromatic nitrogens is 2. The third-order valence-electron chi connectivity index (χ3n) is 1.87. The highest BCUT2D eigenvalue weighted by Gasteiger charge is 2.01. The van der Waals surface area contributed by atoms with E-state index in [0.29, 0.717) is 11.4 Å². The Labute approximate surface area is 95.6 Å². The fourth-order valence-corrected chi connectivity index (χ4v) is 1.39. The zero-order valence-electron chi connectivity index (χ0n) is 7.68. The molecule has 0 radical (unpaired) electrons. The summed E-state index contributed by atoms with van der Waals surface area (Å²) < 4.78 is 0.836. The predicted octanol–water partition coefficient (Wildman–Crippen LogP) is 2.78. The Balaban J connectivity index is 2.46. The summed E-state index contributed by atoms with van der Waals surface area (Å²) >= 11 is 3.27. The van der Waals surface area contributed by atoms with Crippen molar-refractivity contribution >= 4 is 15.9 Å². The summed E-state index contributed by atoms with van der Waals surface area (Å²) in [6.07, 6.45) is 3.36. The second-order valence-corrected chi connectivity index (χ2v) is 3.83. The summed E-state index contributed by atoms with van der Waals surface area (Å²) in [6.45, 7) is 0. The summed E-state index contributed by atoms with van der Waals surface area (Å²) in [4.78, 5) is 8.31. The third kappa shape index (κ3) is 2.20. The van der Waals surface area contributed by atoms with Crippen molar-refractivity contribution in [3.8, 4) is 17.5 Å². The third-order valence-corrected chi connectivity index (χ3v) is 2.28. The monoisotopic (exact) mass is 259 g/mol. The summed E-state index contributed by atoms with van der Waals surface area (Å²) in [6, 6.07) is 9.30. The van der Waals surface area contributed by atoms with Crippen LogP contribution in [0.2, 0.25) is 0 Å². The van der Waals surface area contributed by atoms with E-state index in [1.165, 1.54) is 0 Å². The molecule has 3 nitrogen and oxygen atoms in total. The highest BCUT2D eigenvalue weighted by molar-refractivity contribution is 9.10. The molecule has 0 atom stereocenters. The molecule has 0 saturated heterocycles. The lowest BCUT2D eigenvalue weighted by molar-refractivity contribution is 1.16. The van der Waals surface area contributed by atoms with Crippen LogP contribution in [-0.4, -0.2) is 9.97 Å². The van der Waals surface area contributed by atoms with Crippen molar-refractivity contribution in [3.63, 3.8) is 0 Å². The molecule has 0 unspecified atom stereocenters. The maximum Gasteiger partial charge on any atom is 0.159 e. The van der Waals surface area contributed by atoms with Crippen LogP contribution in [0.3, 0.4) is 0 Å². The smallest absolute Gasteiger partial charge is 0.159 e. The van der Waals surface area contributed by atoms with Crippen LogP contribution < -0.4 is 0 Å². The van der Waals surface area contributed by atoms with Gasteiger partial charge in [-0.3, -0.25) is 0 Å². The van der Waals surface area contributed by atoms with E-state index >= 15 is 0 Å². The highest BCUT2D eigenvalue weighted by atomic mass is 79.9. The van der Waals surface area contributed by atoms with Crippen LogP contribution in [-0.2, 0) is 0 Å². The van der Waals surface area contributed by atoms with Gasteiger partial charge in [0.15, 0.2) is 5.82 Å². The molecule has 0 fully saturated rings. The lowest BCUT2D eigenvalue weighted by Crippen LogP contribution is -1.88. The minimum Gasteiger partial charge on any atom is -0.235 e. The van der Waals surface area contributed by atoms with Crippen LogP contribution in [0, 0.1) is 11.3 Å². The van der Waals surface area contributed by atoms with Gasteiger partial charge in [-0.2, -0.15) is 5.26 Å². The van der Waals surface area contributed by atoms with E-state index in [2.05, 4.69) is 32.0 Å². The van der Waals surface area contributed by atoms with Gasteiger partial charge in [-0.15, -0.1) is 0 Å². The van der Waals surface area contributed by atoms with Crippen molar-refractivity contribution < 1.29 is 0 Å². The first kappa shape index (κ1) is 9.81. The van der Waals surface area contributed by atoms with Gasteiger partial charge in [-0.1, -0.05) is 12.1 Å². The maximum absolute atomic E-state index is 8.75. The molecule has 1 aromatic carbocycles. The van der Waals surface area contributed by atoms with E-state index < -0.39 is 0 Å². The molecule has 0 bridgehead atoms. The molecule has 4 heteroatoms. The lowest BCUT2D eigenvalue weighted by atomic mass is 10.1. The summed E-state index contributed by atoms with van der Waals surface area (Å²) in [5, 5.41) is 8.75. The minimum absolute atomic E-state index is 0.610. The molecule has 15 heavy (non-hydrogen) atoms. The van der Waals surface area contributed by atoms with E-state index in [1.807, 2.05) is 12.1 Å². The van der Waals surface area contributed by atoms with E-state index in [1.54, 1.807) is 24.5 Å². The van der Waals surface area contributed by atoms with Crippen molar-refractivity contribution in [3.05, 3.63) is 46.7 Å². The van der Waals surface area contributed by atoms with Gasteiger partial charge in [-0.05, 0) is 28.1 Å². The van der Waals surface area contributed by atoms with Gasteiger partial charge >= 0.3 is 0 Å². The number of nitrogens with zero attached hydrogens (tertiary/aromatic N) is 3. The van der Waals surface area contributed by atoms with Gasteiger partial charge in [0.25, 0.3) is 0 Å². The molecule has 0 amide bonds. The van der Waals surface area contributed by atoms with Crippen molar-refractivity contribution in [2.45, 2.75) is 0 Å². The molecule has 0 aliphatic rings. The molecule has 0 aliphatic carbocycles. The number of rotatable bonds is 1. The van der Waals surface area contributed by atoms with E-state index in [-0.39, 0.29) is 0 Å². The quantitative estimate of drug-likeness (QED) is 0.792. The number of hydrogen-bond donors (Lipinski definition) is 0. The van der Waals surface area contributed by atoms with Gasteiger partial charge in [0.05, 0.1) is 16.1 Å². The Hall–Kier alpha value is -1.73. The van der Waals surface area contributed by atoms with Crippen LogP contribution in [0.1, 0.15) is 5.56 Å². The summed E-state index contributed by atoms with van der Waals surface area (Å²) in [5.74, 6) is 0.621. The number of hydrogen-bond acceptors (Lipinski definition) is 3.